The first kappa shape index (κ1) is 30.3. The third-order valence-electron chi connectivity index (χ3n) is 7.42. The molecule has 0 saturated carbocycles. The number of oxime groups is 1. The van der Waals surface area contributed by atoms with Crippen LogP contribution in [0.3, 0.4) is 0 Å². The Kier molecular flexibility index (Phi) is 9.46. The molecule has 0 aliphatic rings. The van der Waals surface area contributed by atoms with E-state index >= 15 is 0 Å². The molecular formula is C38H31N3O4S. The van der Waals surface area contributed by atoms with Crippen LogP contribution in [-0.2, 0) is 28.4 Å². The Balaban J connectivity index is 1.21. The molecule has 0 fully saturated rings. The second kappa shape index (κ2) is 14.4. The molecule has 0 bridgehead atoms. The van der Waals surface area contributed by atoms with Gasteiger partial charge in [0.2, 0.25) is 5.71 Å². The van der Waals surface area contributed by atoms with Crippen LogP contribution in [0.5, 0.6) is 5.75 Å². The van der Waals surface area contributed by atoms with Crippen LogP contribution in [0.15, 0.2) is 156 Å². The van der Waals surface area contributed by atoms with Crippen molar-refractivity contribution in [3.05, 3.63) is 184 Å². The molecule has 0 radical (unpaired) electrons. The van der Waals surface area contributed by atoms with Crippen molar-refractivity contribution in [2.75, 3.05) is 5.32 Å². The zero-order valence-corrected chi connectivity index (χ0v) is 25.6. The molecule has 6 rings (SSSR count). The molecule has 6 aromatic rings. The van der Waals surface area contributed by atoms with Gasteiger partial charge in [0.15, 0.2) is 5.13 Å². The fraction of sp³-hybridized carbons (Fsp3) is 0.0789. The minimum atomic E-state index is -1.23. The topological polar surface area (TPSA) is 93.0 Å². The maximum Gasteiger partial charge on any atom is 0.360 e. The highest BCUT2D eigenvalue weighted by molar-refractivity contribution is 7.14. The Bertz CT molecular complexity index is 1780. The molecule has 0 atom stereocenters. The molecule has 5 aromatic carbocycles. The number of ether oxygens (including phenoxy) is 1. The van der Waals surface area contributed by atoms with E-state index in [1.807, 2.05) is 109 Å². The van der Waals surface area contributed by atoms with Crippen LogP contribution in [0, 0.1) is 0 Å². The number of thiazole rings is 1. The number of aliphatic carboxylic acids is 1. The van der Waals surface area contributed by atoms with Gasteiger partial charge in [-0.05, 0) is 39.9 Å². The molecule has 46 heavy (non-hydrogen) atoms. The molecule has 0 aliphatic heterocycles. The Morgan fingerprint density at radius 3 is 1.72 bits per heavy atom. The van der Waals surface area contributed by atoms with Gasteiger partial charge in [0.05, 0.1) is 0 Å². The highest BCUT2D eigenvalue weighted by atomic mass is 32.1. The van der Waals surface area contributed by atoms with Crippen LogP contribution in [-0.4, -0.2) is 21.8 Å². The van der Waals surface area contributed by atoms with Crippen molar-refractivity contribution >= 4 is 28.1 Å². The van der Waals surface area contributed by atoms with Gasteiger partial charge < -0.3 is 20.0 Å². The summed E-state index contributed by atoms with van der Waals surface area (Å²) in [7, 11) is 0. The quantitative estimate of drug-likeness (QED) is 0.0765. The van der Waals surface area contributed by atoms with E-state index < -0.39 is 11.5 Å². The maximum atomic E-state index is 12.3. The Morgan fingerprint density at radius 2 is 1.20 bits per heavy atom. The fourth-order valence-electron chi connectivity index (χ4n) is 5.17. The molecule has 1 heterocycles. The number of rotatable bonds is 13. The van der Waals surface area contributed by atoms with E-state index in [0.29, 0.717) is 11.7 Å². The summed E-state index contributed by atoms with van der Waals surface area (Å²) in [4.78, 5) is 22.4. The summed E-state index contributed by atoms with van der Waals surface area (Å²) in [5.74, 6) is -0.510. The molecule has 0 aliphatic carbocycles. The zero-order valence-electron chi connectivity index (χ0n) is 24.8. The Morgan fingerprint density at radius 1 is 0.696 bits per heavy atom. The van der Waals surface area contributed by atoms with E-state index in [1.165, 1.54) is 11.3 Å². The van der Waals surface area contributed by atoms with Crippen LogP contribution in [0.25, 0.3) is 0 Å². The van der Waals surface area contributed by atoms with Gasteiger partial charge in [-0.3, -0.25) is 0 Å². The van der Waals surface area contributed by atoms with Gasteiger partial charge in [-0.2, -0.15) is 0 Å². The minimum absolute atomic E-state index is 0.0874. The van der Waals surface area contributed by atoms with Crippen molar-refractivity contribution in [2.45, 2.75) is 18.8 Å². The van der Waals surface area contributed by atoms with E-state index in [-0.39, 0.29) is 18.0 Å². The van der Waals surface area contributed by atoms with Crippen molar-refractivity contribution in [2.24, 2.45) is 5.16 Å². The van der Waals surface area contributed by atoms with Gasteiger partial charge in [-0.25, -0.2) is 9.78 Å². The number of carboxylic acids is 1. The monoisotopic (exact) mass is 625 g/mol. The van der Waals surface area contributed by atoms with E-state index in [1.54, 1.807) is 5.38 Å². The highest BCUT2D eigenvalue weighted by Gasteiger charge is 2.37. The lowest BCUT2D eigenvalue weighted by Gasteiger charge is -2.36. The molecule has 2 N–H and O–H groups in total. The third kappa shape index (κ3) is 6.98. The average molecular weight is 626 g/mol. The van der Waals surface area contributed by atoms with Crippen LogP contribution in [0.1, 0.15) is 33.5 Å². The van der Waals surface area contributed by atoms with Crippen molar-refractivity contribution in [1.29, 1.82) is 0 Å². The number of hydrogen-bond donors (Lipinski definition) is 2. The van der Waals surface area contributed by atoms with Crippen LogP contribution in [0.2, 0.25) is 0 Å². The van der Waals surface area contributed by atoms with Gasteiger partial charge in [0.25, 0.3) is 0 Å². The summed E-state index contributed by atoms with van der Waals surface area (Å²) in [6.45, 7) is 0.556. The van der Waals surface area contributed by atoms with E-state index in [4.69, 9.17) is 9.57 Å². The normalized spacial score (nSPS) is 11.5. The smallest absolute Gasteiger partial charge is 0.360 e. The molecule has 7 nitrogen and oxygen atoms in total. The minimum Gasteiger partial charge on any atom is -0.489 e. The second-order valence-electron chi connectivity index (χ2n) is 10.4. The van der Waals surface area contributed by atoms with Gasteiger partial charge in [-0.1, -0.05) is 139 Å². The first-order valence-corrected chi connectivity index (χ1v) is 15.6. The molecule has 1 aromatic heterocycles. The molecule has 0 spiro atoms. The van der Waals surface area contributed by atoms with E-state index in [2.05, 4.69) is 51.9 Å². The summed E-state index contributed by atoms with van der Waals surface area (Å²) in [6.07, 6.45) is 0. The first-order valence-electron chi connectivity index (χ1n) is 14.7. The number of carbonyl (C=O) groups is 1. The lowest BCUT2D eigenvalue weighted by molar-refractivity contribution is -0.129. The summed E-state index contributed by atoms with van der Waals surface area (Å²) >= 11 is 1.30. The predicted molar refractivity (Wildman–Crippen MR) is 181 cm³/mol. The number of aromatic nitrogens is 1. The maximum absolute atomic E-state index is 12.3. The lowest BCUT2D eigenvalue weighted by atomic mass is 9.77. The fourth-order valence-corrected chi connectivity index (χ4v) is 5.92. The van der Waals surface area contributed by atoms with Gasteiger partial charge >= 0.3 is 5.97 Å². The average Bonchev–Trinajstić information content (AvgIpc) is 3.58. The third-order valence-corrected chi connectivity index (χ3v) is 8.18. The molecule has 0 amide bonds. The molecule has 0 saturated heterocycles. The van der Waals surface area contributed by atoms with Crippen LogP contribution >= 0.6 is 11.3 Å². The Labute approximate surface area is 271 Å². The number of anilines is 1. The predicted octanol–water partition coefficient (Wildman–Crippen LogP) is 8.13. The Hall–Kier alpha value is -5.73. The molecule has 8 heteroatoms. The standard InChI is InChI=1S/C38H31N3O4S/c42-36(43)35(41-45-26-29-21-23-33(24-22-29)44-25-28-13-5-1-6-14-28)34-27-46-37(39-34)40-38(30-15-7-2-8-16-30,31-17-9-3-10-18-31)32-19-11-4-12-20-32/h1-24,27H,25-26H2,(H,39,40)(H,42,43)/b41-35+. The summed E-state index contributed by atoms with van der Waals surface area (Å²) in [5.41, 5.74) is 4.05. The largest absolute Gasteiger partial charge is 0.489 e. The van der Waals surface area contributed by atoms with Gasteiger partial charge in [0, 0.05) is 5.38 Å². The highest BCUT2D eigenvalue weighted by Crippen LogP contribution is 2.40. The number of carboxylic acid groups (broad SMARTS) is 1. The molecule has 0 unspecified atom stereocenters. The second-order valence-corrected chi connectivity index (χ2v) is 11.3. The lowest BCUT2D eigenvalue weighted by Crippen LogP contribution is -2.38. The van der Waals surface area contributed by atoms with Gasteiger partial charge in [0.1, 0.15) is 30.2 Å². The van der Waals surface area contributed by atoms with Gasteiger partial charge in [-0.15, -0.1) is 11.3 Å². The summed E-state index contributed by atoms with van der Waals surface area (Å²) < 4.78 is 5.84. The van der Waals surface area contributed by atoms with Crippen molar-refractivity contribution in [1.82, 2.24) is 4.98 Å². The van der Waals surface area contributed by atoms with Crippen molar-refractivity contribution < 1.29 is 19.5 Å². The summed E-state index contributed by atoms with van der Waals surface area (Å²) in [6, 6.07) is 47.7. The number of nitrogens with one attached hydrogen (secondary N) is 1. The SMILES string of the molecule is O=C(O)/C(=N/OCc1ccc(OCc2ccccc2)cc1)c1csc(NC(c2ccccc2)(c2ccccc2)c2ccccc2)n1. The summed E-state index contributed by atoms with van der Waals surface area (Å²) in [5, 5.41) is 19.9. The van der Waals surface area contributed by atoms with Crippen molar-refractivity contribution in [3.63, 3.8) is 0 Å². The van der Waals surface area contributed by atoms with Crippen molar-refractivity contribution in [3.8, 4) is 5.75 Å². The molecular weight excluding hydrogens is 595 g/mol. The number of benzene rings is 5. The van der Waals surface area contributed by atoms with Crippen LogP contribution in [0.4, 0.5) is 5.13 Å². The molecule has 228 valence electrons. The van der Waals surface area contributed by atoms with E-state index in [0.717, 1.165) is 33.6 Å². The number of hydrogen-bond acceptors (Lipinski definition) is 7. The zero-order chi connectivity index (χ0) is 31.6. The number of nitrogens with zero attached hydrogens (tertiary/aromatic N) is 2. The first-order chi connectivity index (χ1) is 22.6. The van der Waals surface area contributed by atoms with Crippen LogP contribution < -0.4 is 10.1 Å². The van der Waals surface area contributed by atoms with E-state index in [9.17, 15) is 9.90 Å².